The summed E-state index contributed by atoms with van der Waals surface area (Å²) in [5.41, 5.74) is 6.68. The van der Waals surface area contributed by atoms with Crippen LogP contribution >= 0.6 is 12.2 Å². The van der Waals surface area contributed by atoms with Crippen LogP contribution in [0.2, 0.25) is 0 Å². The Morgan fingerprint density at radius 1 is 1.46 bits per heavy atom. The Bertz CT molecular complexity index is 525. The molecule has 13 heavy (non-hydrogen) atoms. The Morgan fingerprint density at radius 3 is 2.85 bits per heavy atom. The summed E-state index contributed by atoms with van der Waals surface area (Å²) in [5, 5.41) is 0. The largest absolute Gasteiger partial charge is 0.351 e. The molecule has 0 spiro atoms. The van der Waals surface area contributed by atoms with Crippen LogP contribution in [0.15, 0.2) is 24.3 Å². The second kappa shape index (κ2) is 2.70. The number of aromatic nitrogens is 2. The van der Waals surface area contributed by atoms with E-state index in [0.29, 0.717) is 10.3 Å². The van der Waals surface area contributed by atoms with Gasteiger partial charge in [-0.2, -0.15) is 0 Å². The first kappa shape index (κ1) is 8.00. The van der Waals surface area contributed by atoms with Crippen molar-refractivity contribution in [3.63, 3.8) is 0 Å². The molecule has 5 heteroatoms. The number of para-hydroxylation sites is 2. The normalized spacial score (nSPS) is 10.5. The molecule has 0 unspecified atom stereocenters. The third kappa shape index (κ3) is 1.13. The number of nitrogens with one attached hydrogen (secondary N) is 1. The van der Waals surface area contributed by atoms with E-state index >= 15 is 0 Å². The summed E-state index contributed by atoms with van der Waals surface area (Å²) in [5.74, 6) is 0. The third-order valence-electron chi connectivity index (χ3n) is 1.81. The van der Waals surface area contributed by atoms with Crippen LogP contribution in [-0.2, 0) is 0 Å². The van der Waals surface area contributed by atoms with Gasteiger partial charge in [-0.15, -0.1) is 0 Å². The fourth-order valence-corrected chi connectivity index (χ4v) is 1.57. The number of H-pyrrole nitrogens is 1. The monoisotopic (exact) mass is 193 g/mol. The molecule has 0 saturated carbocycles. The molecule has 66 valence electrons. The lowest BCUT2D eigenvalue weighted by molar-refractivity contribution is 0.251. The van der Waals surface area contributed by atoms with Crippen molar-refractivity contribution in [3.8, 4) is 0 Å². The van der Waals surface area contributed by atoms with Crippen LogP contribution in [0.5, 0.6) is 0 Å². The van der Waals surface area contributed by atoms with Gasteiger partial charge in [0.25, 0.3) is 0 Å². The number of rotatable bonds is 0. The topological polar surface area (TPSA) is 63.8 Å². The smallest absolute Gasteiger partial charge is 0.325 e. The molecular weight excluding hydrogens is 186 g/mol. The van der Waals surface area contributed by atoms with Gasteiger partial charge in [-0.1, -0.05) is 12.1 Å². The van der Waals surface area contributed by atoms with Crippen molar-refractivity contribution in [1.29, 1.82) is 0 Å². The molecule has 0 radical (unpaired) electrons. The Hall–Kier alpha value is -1.62. The van der Waals surface area contributed by atoms with Gasteiger partial charge < -0.3 is 10.7 Å². The first-order chi connectivity index (χ1) is 6.20. The number of aromatic amines is 1. The Labute approximate surface area is 79.0 Å². The van der Waals surface area contributed by atoms with Crippen molar-refractivity contribution in [2.45, 2.75) is 0 Å². The molecule has 2 rings (SSSR count). The van der Waals surface area contributed by atoms with E-state index in [1.54, 1.807) is 6.07 Å². The lowest BCUT2D eigenvalue weighted by Crippen LogP contribution is -2.19. The van der Waals surface area contributed by atoms with Gasteiger partial charge in [0.2, 0.25) is 0 Å². The molecule has 0 atom stereocenters. The van der Waals surface area contributed by atoms with E-state index in [2.05, 4.69) is 4.98 Å². The molecule has 1 amide bonds. The van der Waals surface area contributed by atoms with Crippen LogP contribution in [0.1, 0.15) is 0 Å². The van der Waals surface area contributed by atoms with Crippen LogP contribution in [0, 0.1) is 4.77 Å². The summed E-state index contributed by atoms with van der Waals surface area (Å²) in [6.45, 7) is 0. The highest BCUT2D eigenvalue weighted by molar-refractivity contribution is 7.71. The average molecular weight is 193 g/mol. The predicted molar refractivity (Wildman–Crippen MR) is 52.1 cm³/mol. The summed E-state index contributed by atoms with van der Waals surface area (Å²) < 4.78 is 1.60. The van der Waals surface area contributed by atoms with Crippen molar-refractivity contribution in [2.75, 3.05) is 0 Å². The van der Waals surface area contributed by atoms with E-state index in [4.69, 9.17) is 18.0 Å². The molecule has 1 heterocycles. The number of amides is 1. The number of hydrogen-bond donors (Lipinski definition) is 2. The lowest BCUT2D eigenvalue weighted by atomic mass is 10.3. The van der Waals surface area contributed by atoms with Gasteiger partial charge in [0.15, 0.2) is 4.77 Å². The number of carbonyl (C=O) groups is 1. The minimum absolute atomic E-state index is 0.328. The van der Waals surface area contributed by atoms with E-state index in [1.165, 1.54) is 4.57 Å². The summed E-state index contributed by atoms with van der Waals surface area (Å²) >= 11 is 4.94. The van der Waals surface area contributed by atoms with E-state index < -0.39 is 6.03 Å². The van der Waals surface area contributed by atoms with E-state index in [0.717, 1.165) is 5.52 Å². The summed E-state index contributed by atoms with van der Waals surface area (Å²) in [4.78, 5) is 13.9. The van der Waals surface area contributed by atoms with Gasteiger partial charge in [-0.3, -0.25) is 0 Å². The summed E-state index contributed by atoms with van der Waals surface area (Å²) in [7, 11) is 0. The second-order valence-electron chi connectivity index (χ2n) is 2.62. The first-order valence-corrected chi connectivity index (χ1v) is 4.10. The molecule has 0 aliphatic heterocycles. The maximum atomic E-state index is 11.0. The molecule has 2 aromatic rings. The van der Waals surface area contributed by atoms with Gasteiger partial charge >= 0.3 is 6.03 Å². The van der Waals surface area contributed by atoms with Crippen molar-refractivity contribution >= 4 is 29.3 Å². The minimum atomic E-state index is -0.567. The number of nitrogens with two attached hydrogens (primary N) is 1. The molecule has 0 saturated heterocycles. The van der Waals surface area contributed by atoms with E-state index in [-0.39, 0.29) is 0 Å². The number of nitrogens with zero attached hydrogens (tertiary/aromatic N) is 1. The minimum Gasteiger partial charge on any atom is -0.351 e. The average Bonchev–Trinajstić information content (AvgIpc) is 2.39. The van der Waals surface area contributed by atoms with Crippen molar-refractivity contribution < 1.29 is 4.79 Å². The van der Waals surface area contributed by atoms with Crippen molar-refractivity contribution in [2.24, 2.45) is 5.73 Å². The standard InChI is InChI=1S/C8H7N3OS/c9-7(12)11-6-4-2-1-3-5(6)10-8(11)13/h1-4H,(H2,9,12)(H,10,13). The third-order valence-corrected chi connectivity index (χ3v) is 2.09. The van der Waals surface area contributed by atoms with Gasteiger partial charge in [-0.25, -0.2) is 9.36 Å². The van der Waals surface area contributed by atoms with Gasteiger partial charge in [0, 0.05) is 0 Å². The molecule has 1 aromatic carbocycles. The van der Waals surface area contributed by atoms with Crippen molar-refractivity contribution in [3.05, 3.63) is 29.0 Å². The number of imidazole rings is 1. The molecule has 0 aliphatic rings. The zero-order chi connectivity index (χ0) is 9.42. The summed E-state index contributed by atoms with van der Waals surface area (Å²) in [6.07, 6.45) is 0. The molecule has 4 nitrogen and oxygen atoms in total. The van der Waals surface area contributed by atoms with Crippen LogP contribution in [-0.4, -0.2) is 15.6 Å². The molecule has 0 fully saturated rings. The number of carbonyl (C=O) groups excluding carboxylic acids is 1. The quantitative estimate of drug-likeness (QED) is 0.624. The zero-order valence-electron chi connectivity index (χ0n) is 6.65. The maximum absolute atomic E-state index is 11.0. The number of hydrogen-bond acceptors (Lipinski definition) is 2. The fraction of sp³-hybridized carbons (Fsp3) is 0. The highest BCUT2D eigenvalue weighted by Crippen LogP contribution is 2.12. The fourth-order valence-electron chi connectivity index (χ4n) is 1.27. The Balaban J connectivity index is 2.95. The van der Waals surface area contributed by atoms with Crippen LogP contribution in [0.4, 0.5) is 4.79 Å². The lowest BCUT2D eigenvalue weighted by Gasteiger charge is -1.95. The first-order valence-electron chi connectivity index (χ1n) is 3.70. The van der Waals surface area contributed by atoms with E-state index in [1.807, 2.05) is 18.2 Å². The number of fused-ring (bicyclic) bond motifs is 1. The molecule has 3 N–H and O–H groups in total. The molecule has 1 aromatic heterocycles. The van der Waals surface area contributed by atoms with Gasteiger partial charge in [0.05, 0.1) is 11.0 Å². The summed E-state index contributed by atoms with van der Waals surface area (Å²) in [6, 6.07) is 6.74. The van der Waals surface area contributed by atoms with Crippen LogP contribution in [0.25, 0.3) is 11.0 Å². The van der Waals surface area contributed by atoms with Gasteiger partial charge in [0.1, 0.15) is 0 Å². The highest BCUT2D eigenvalue weighted by Gasteiger charge is 2.06. The highest BCUT2D eigenvalue weighted by atomic mass is 32.1. The second-order valence-corrected chi connectivity index (χ2v) is 3.01. The maximum Gasteiger partial charge on any atom is 0.325 e. The molecular formula is C8H7N3OS. The van der Waals surface area contributed by atoms with Crippen LogP contribution < -0.4 is 5.73 Å². The zero-order valence-corrected chi connectivity index (χ0v) is 7.47. The van der Waals surface area contributed by atoms with E-state index in [9.17, 15) is 4.79 Å². The Morgan fingerprint density at radius 2 is 2.15 bits per heavy atom. The SMILES string of the molecule is NC(=O)n1c(=S)[nH]c2ccccc21. The van der Waals surface area contributed by atoms with Crippen molar-refractivity contribution in [1.82, 2.24) is 9.55 Å². The molecule has 0 aliphatic carbocycles. The number of primary amides is 1. The number of benzene rings is 1. The van der Waals surface area contributed by atoms with Gasteiger partial charge in [-0.05, 0) is 24.4 Å². The Kier molecular flexibility index (Phi) is 1.66. The van der Waals surface area contributed by atoms with Crippen LogP contribution in [0.3, 0.4) is 0 Å². The molecule has 0 bridgehead atoms. The predicted octanol–water partition coefficient (Wildman–Crippen LogP) is 1.63.